The van der Waals surface area contributed by atoms with E-state index in [2.05, 4.69) is 57.2 Å². The Balaban J connectivity index is 4.36. The summed E-state index contributed by atoms with van der Waals surface area (Å²) in [7, 11) is 0. The van der Waals surface area contributed by atoms with Crippen molar-refractivity contribution in [1.82, 2.24) is 0 Å². The van der Waals surface area contributed by atoms with Gasteiger partial charge in [0.15, 0.2) is 6.10 Å². The Morgan fingerprint density at radius 3 is 0.908 bits per heavy atom. The molecule has 0 spiro atoms. The molecule has 1 unspecified atom stereocenters. The lowest BCUT2D eigenvalue weighted by Crippen LogP contribution is -2.30. The molecule has 6 nitrogen and oxygen atoms in total. The van der Waals surface area contributed by atoms with E-state index in [1.165, 1.54) is 199 Å². The predicted octanol–water partition coefficient (Wildman–Crippen LogP) is 18.9. The minimum absolute atomic E-state index is 0.0747. The topological polar surface area (TPSA) is 78.9 Å². The van der Waals surface area contributed by atoms with Gasteiger partial charge in [-0.3, -0.25) is 14.4 Å². The molecule has 0 aromatic rings. The van der Waals surface area contributed by atoms with E-state index in [0.29, 0.717) is 19.3 Å². The van der Waals surface area contributed by atoms with Crippen molar-refractivity contribution in [3.8, 4) is 0 Å². The number of allylic oxidation sites excluding steroid dienone is 6. The fourth-order valence-corrected chi connectivity index (χ4v) is 8.31. The van der Waals surface area contributed by atoms with E-state index >= 15 is 0 Å². The molecule has 0 aromatic heterocycles. The van der Waals surface area contributed by atoms with Crippen LogP contribution in [0.2, 0.25) is 0 Å². The summed E-state index contributed by atoms with van der Waals surface area (Å²) >= 11 is 0. The van der Waals surface area contributed by atoms with E-state index in [-0.39, 0.29) is 31.1 Å². The number of esters is 3. The van der Waals surface area contributed by atoms with Gasteiger partial charge in [-0.05, 0) is 70.6 Å². The van der Waals surface area contributed by atoms with Crippen LogP contribution in [0.1, 0.15) is 303 Å². The van der Waals surface area contributed by atoms with Crippen molar-refractivity contribution in [2.24, 2.45) is 0 Å². The second-order valence-corrected chi connectivity index (χ2v) is 19.2. The normalized spacial score (nSPS) is 12.2. The number of unbranched alkanes of at least 4 members (excludes halogenated alkanes) is 36. The van der Waals surface area contributed by atoms with Crippen LogP contribution < -0.4 is 0 Å². The lowest BCUT2D eigenvalue weighted by molar-refractivity contribution is -0.167. The highest BCUT2D eigenvalue weighted by molar-refractivity contribution is 5.71. The fourth-order valence-electron chi connectivity index (χ4n) is 8.31. The highest BCUT2D eigenvalue weighted by Crippen LogP contribution is 2.16. The van der Waals surface area contributed by atoms with Crippen molar-refractivity contribution >= 4 is 17.9 Å². The summed E-state index contributed by atoms with van der Waals surface area (Å²) in [5.74, 6) is -0.875. The van der Waals surface area contributed by atoms with Gasteiger partial charge >= 0.3 is 17.9 Å². The Bertz CT molecular complexity index is 1090. The third kappa shape index (κ3) is 52.5. The Morgan fingerprint density at radius 1 is 0.308 bits per heavy atom. The molecule has 0 aromatic carbocycles. The summed E-state index contributed by atoms with van der Waals surface area (Å²) in [6.07, 6.45) is 64.1. The Kier molecular flexibility index (Phi) is 52.3. The Labute approximate surface area is 404 Å². The van der Waals surface area contributed by atoms with E-state index in [4.69, 9.17) is 14.2 Å². The Morgan fingerprint density at radius 2 is 0.554 bits per heavy atom. The molecule has 0 fully saturated rings. The molecule has 0 saturated heterocycles. The van der Waals surface area contributed by atoms with Gasteiger partial charge in [0, 0.05) is 19.3 Å². The first-order chi connectivity index (χ1) is 32.0. The SMILES string of the molecule is CCCCC/C=C\C=C/CCCCCCCCC(=O)OC(COC(=O)CCCCCCCCC/C=C\CCCCCC)COC(=O)CCCCCCCCCCCCCCCCCCC. The molecule has 380 valence electrons. The zero-order chi connectivity index (χ0) is 47.2. The van der Waals surface area contributed by atoms with Crippen LogP contribution in [0.15, 0.2) is 36.5 Å². The minimum Gasteiger partial charge on any atom is -0.462 e. The molecule has 0 N–H and O–H groups in total. The maximum Gasteiger partial charge on any atom is 0.306 e. The molecule has 0 rings (SSSR count). The molecule has 0 aliphatic heterocycles. The Hall–Kier alpha value is -2.37. The molecular formula is C59H108O6. The van der Waals surface area contributed by atoms with Crippen LogP contribution in [-0.4, -0.2) is 37.2 Å². The lowest BCUT2D eigenvalue weighted by atomic mass is 10.0. The molecular weight excluding hydrogens is 805 g/mol. The van der Waals surface area contributed by atoms with E-state index in [9.17, 15) is 14.4 Å². The first kappa shape index (κ1) is 62.6. The maximum atomic E-state index is 12.8. The summed E-state index contributed by atoms with van der Waals surface area (Å²) in [5.41, 5.74) is 0. The zero-order valence-corrected chi connectivity index (χ0v) is 43.5. The third-order valence-corrected chi connectivity index (χ3v) is 12.6. The number of ether oxygens (including phenoxy) is 3. The summed E-state index contributed by atoms with van der Waals surface area (Å²) in [4.78, 5) is 38.1. The van der Waals surface area contributed by atoms with Gasteiger partial charge in [-0.25, -0.2) is 0 Å². The maximum absolute atomic E-state index is 12.8. The third-order valence-electron chi connectivity index (χ3n) is 12.6. The van der Waals surface area contributed by atoms with Crippen molar-refractivity contribution in [2.75, 3.05) is 13.2 Å². The van der Waals surface area contributed by atoms with E-state index in [1.54, 1.807) is 0 Å². The monoisotopic (exact) mass is 913 g/mol. The molecule has 0 heterocycles. The highest BCUT2D eigenvalue weighted by atomic mass is 16.6. The van der Waals surface area contributed by atoms with Gasteiger partial charge in [0.1, 0.15) is 13.2 Å². The average Bonchev–Trinajstić information content (AvgIpc) is 3.30. The van der Waals surface area contributed by atoms with E-state index in [1.807, 2.05) is 0 Å². The van der Waals surface area contributed by atoms with Crippen LogP contribution in [0.5, 0.6) is 0 Å². The van der Waals surface area contributed by atoms with Crippen molar-refractivity contribution in [3.63, 3.8) is 0 Å². The van der Waals surface area contributed by atoms with Crippen LogP contribution in [0.4, 0.5) is 0 Å². The van der Waals surface area contributed by atoms with E-state index < -0.39 is 6.10 Å². The molecule has 0 bridgehead atoms. The van der Waals surface area contributed by atoms with Crippen LogP contribution in [0.3, 0.4) is 0 Å². The van der Waals surface area contributed by atoms with Crippen molar-refractivity contribution in [1.29, 1.82) is 0 Å². The van der Waals surface area contributed by atoms with Crippen molar-refractivity contribution in [2.45, 2.75) is 309 Å². The van der Waals surface area contributed by atoms with E-state index in [0.717, 1.165) is 64.2 Å². The van der Waals surface area contributed by atoms with Crippen LogP contribution in [0, 0.1) is 0 Å². The number of hydrogen-bond donors (Lipinski definition) is 0. The number of carbonyl (C=O) groups is 3. The van der Waals surface area contributed by atoms with Crippen molar-refractivity contribution < 1.29 is 28.6 Å². The highest BCUT2D eigenvalue weighted by Gasteiger charge is 2.19. The first-order valence-electron chi connectivity index (χ1n) is 28.5. The average molecular weight is 914 g/mol. The molecule has 0 saturated carbocycles. The lowest BCUT2D eigenvalue weighted by Gasteiger charge is -2.18. The largest absolute Gasteiger partial charge is 0.462 e. The molecule has 6 heteroatoms. The van der Waals surface area contributed by atoms with Crippen molar-refractivity contribution in [3.05, 3.63) is 36.5 Å². The molecule has 0 radical (unpaired) electrons. The fraction of sp³-hybridized carbons (Fsp3) is 0.847. The summed E-state index contributed by atoms with van der Waals surface area (Å²) < 4.78 is 16.9. The summed E-state index contributed by atoms with van der Waals surface area (Å²) in [6.45, 7) is 6.62. The minimum atomic E-state index is -0.777. The van der Waals surface area contributed by atoms with Crippen LogP contribution >= 0.6 is 0 Å². The van der Waals surface area contributed by atoms with Crippen LogP contribution in [-0.2, 0) is 28.6 Å². The standard InChI is InChI=1S/C59H108O6/c1-4-7-10-13-16-19-22-25-28-29-32-34-37-40-43-46-49-52-58(61)64-55-56(65-59(62)53-50-47-44-41-38-35-31-27-24-21-18-15-12-9-6-3)54-63-57(60)51-48-45-42-39-36-33-30-26-23-20-17-14-11-8-5-2/h18,20-21,23-24,27,56H,4-17,19,22,25-26,28-55H2,1-3H3/b21-18-,23-20-,27-24-. The first-order valence-corrected chi connectivity index (χ1v) is 28.5. The summed E-state index contributed by atoms with van der Waals surface area (Å²) in [5, 5.41) is 0. The number of carbonyl (C=O) groups excluding carboxylic acids is 3. The zero-order valence-electron chi connectivity index (χ0n) is 43.5. The smallest absolute Gasteiger partial charge is 0.306 e. The van der Waals surface area contributed by atoms with Gasteiger partial charge in [0.05, 0.1) is 0 Å². The van der Waals surface area contributed by atoms with Gasteiger partial charge in [-0.15, -0.1) is 0 Å². The summed E-state index contributed by atoms with van der Waals surface area (Å²) in [6, 6.07) is 0. The second kappa shape index (κ2) is 54.2. The second-order valence-electron chi connectivity index (χ2n) is 19.2. The van der Waals surface area contributed by atoms with Crippen LogP contribution in [0.25, 0.3) is 0 Å². The van der Waals surface area contributed by atoms with Gasteiger partial charge in [0.2, 0.25) is 0 Å². The van der Waals surface area contributed by atoms with Gasteiger partial charge < -0.3 is 14.2 Å². The molecule has 0 aliphatic rings. The molecule has 0 aliphatic carbocycles. The molecule has 0 amide bonds. The number of hydrogen-bond acceptors (Lipinski definition) is 6. The van der Waals surface area contributed by atoms with Gasteiger partial charge in [-0.2, -0.15) is 0 Å². The molecule has 1 atom stereocenters. The quantitative estimate of drug-likeness (QED) is 0.0199. The predicted molar refractivity (Wildman–Crippen MR) is 279 cm³/mol. The van der Waals surface area contributed by atoms with Gasteiger partial charge in [0.25, 0.3) is 0 Å². The molecule has 65 heavy (non-hydrogen) atoms. The van der Waals surface area contributed by atoms with Gasteiger partial charge in [-0.1, -0.05) is 250 Å². The number of rotatable bonds is 52.